The molecule has 6 nitrogen and oxygen atoms in total. The number of carbonyl (C=O) groups is 2. The molecule has 1 aliphatic heterocycles. The Morgan fingerprint density at radius 2 is 2.17 bits per heavy atom. The second kappa shape index (κ2) is 6.04. The Hall–Kier alpha value is -1.30. The van der Waals surface area contributed by atoms with Crippen molar-refractivity contribution in [3.8, 4) is 0 Å². The van der Waals surface area contributed by atoms with E-state index in [2.05, 4.69) is 5.32 Å². The summed E-state index contributed by atoms with van der Waals surface area (Å²) in [5, 5.41) is 11.4. The van der Waals surface area contributed by atoms with Gasteiger partial charge in [-0.1, -0.05) is 0 Å². The van der Waals surface area contributed by atoms with Crippen LogP contribution in [0.1, 0.15) is 40.0 Å². The first-order chi connectivity index (χ1) is 8.28. The first-order valence-electron chi connectivity index (χ1n) is 6.12. The number of nitrogens with one attached hydrogen (secondary N) is 1. The van der Waals surface area contributed by atoms with Crippen LogP contribution in [0.4, 0.5) is 4.79 Å². The van der Waals surface area contributed by atoms with Crippen LogP contribution in [0, 0.1) is 0 Å². The highest BCUT2D eigenvalue weighted by atomic mass is 16.6. The van der Waals surface area contributed by atoms with Crippen molar-refractivity contribution in [2.24, 2.45) is 0 Å². The van der Waals surface area contributed by atoms with Gasteiger partial charge < -0.3 is 19.9 Å². The fourth-order valence-corrected chi connectivity index (χ4v) is 1.76. The summed E-state index contributed by atoms with van der Waals surface area (Å²) in [6.07, 6.45) is 1.23. The largest absolute Gasteiger partial charge is 0.480 e. The van der Waals surface area contributed by atoms with Gasteiger partial charge in [0.1, 0.15) is 11.6 Å². The smallest absolute Gasteiger partial charge is 0.408 e. The Kier molecular flexibility index (Phi) is 4.95. The lowest BCUT2D eigenvalue weighted by Gasteiger charge is -2.23. The third-order valence-corrected chi connectivity index (χ3v) is 2.51. The summed E-state index contributed by atoms with van der Waals surface area (Å²) in [7, 11) is 0. The monoisotopic (exact) mass is 259 g/mol. The van der Waals surface area contributed by atoms with Gasteiger partial charge in [0.15, 0.2) is 0 Å². The Morgan fingerprint density at radius 1 is 1.50 bits per heavy atom. The maximum Gasteiger partial charge on any atom is 0.408 e. The van der Waals surface area contributed by atoms with E-state index >= 15 is 0 Å². The van der Waals surface area contributed by atoms with Crippen molar-refractivity contribution >= 4 is 12.1 Å². The van der Waals surface area contributed by atoms with E-state index in [0.717, 1.165) is 12.8 Å². The van der Waals surface area contributed by atoms with Gasteiger partial charge in [0.2, 0.25) is 0 Å². The molecular weight excluding hydrogens is 238 g/mol. The van der Waals surface area contributed by atoms with E-state index in [-0.39, 0.29) is 12.5 Å². The van der Waals surface area contributed by atoms with Crippen LogP contribution < -0.4 is 5.32 Å². The number of carboxylic acid groups (broad SMARTS) is 1. The van der Waals surface area contributed by atoms with Crippen LogP contribution in [0.5, 0.6) is 0 Å². The summed E-state index contributed by atoms with van der Waals surface area (Å²) in [5.74, 6) is -1.07. The number of carbonyl (C=O) groups excluding carboxylic acids is 1. The molecule has 1 fully saturated rings. The molecule has 0 radical (unpaired) electrons. The third kappa shape index (κ3) is 5.35. The Morgan fingerprint density at radius 3 is 2.61 bits per heavy atom. The van der Waals surface area contributed by atoms with Crippen molar-refractivity contribution in [3.63, 3.8) is 0 Å². The molecule has 0 saturated carbocycles. The van der Waals surface area contributed by atoms with Crippen molar-refractivity contribution in [3.05, 3.63) is 0 Å². The minimum atomic E-state index is -1.07. The maximum atomic E-state index is 11.5. The van der Waals surface area contributed by atoms with E-state index in [4.69, 9.17) is 14.6 Å². The SMILES string of the molecule is CC(C)(C)OC(=O)NC(C[C@H]1CCCO1)C(=O)O. The molecule has 1 heterocycles. The quantitative estimate of drug-likeness (QED) is 0.799. The van der Waals surface area contributed by atoms with E-state index in [9.17, 15) is 9.59 Å². The Bertz CT molecular complexity index is 304. The van der Waals surface area contributed by atoms with Crippen molar-refractivity contribution in [1.29, 1.82) is 0 Å². The van der Waals surface area contributed by atoms with Crippen molar-refractivity contribution in [2.45, 2.75) is 57.8 Å². The highest BCUT2D eigenvalue weighted by Gasteiger charge is 2.28. The number of carboxylic acids is 1. The fourth-order valence-electron chi connectivity index (χ4n) is 1.76. The van der Waals surface area contributed by atoms with Gasteiger partial charge in [-0.25, -0.2) is 9.59 Å². The molecule has 104 valence electrons. The Balaban J connectivity index is 2.46. The molecule has 0 spiro atoms. The number of hydrogen-bond acceptors (Lipinski definition) is 4. The molecule has 2 atom stereocenters. The predicted octanol–water partition coefficient (Wildman–Crippen LogP) is 1.53. The van der Waals surface area contributed by atoms with Gasteiger partial charge in [-0.3, -0.25) is 0 Å². The molecule has 1 amide bonds. The molecule has 1 aliphatic rings. The molecule has 0 aliphatic carbocycles. The molecule has 0 bridgehead atoms. The number of hydrogen-bond donors (Lipinski definition) is 2. The molecule has 18 heavy (non-hydrogen) atoms. The number of alkyl carbamates (subject to hydrolysis) is 1. The fraction of sp³-hybridized carbons (Fsp3) is 0.833. The predicted molar refractivity (Wildman–Crippen MR) is 64.4 cm³/mol. The van der Waals surface area contributed by atoms with E-state index in [1.807, 2.05) is 0 Å². The van der Waals surface area contributed by atoms with Crippen LogP contribution in [0.15, 0.2) is 0 Å². The molecule has 0 aromatic rings. The number of amides is 1. The maximum absolute atomic E-state index is 11.5. The van der Waals surface area contributed by atoms with Gasteiger partial charge in [-0.15, -0.1) is 0 Å². The van der Waals surface area contributed by atoms with Crippen molar-refractivity contribution in [1.82, 2.24) is 5.32 Å². The van der Waals surface area contributed by atoms with Gasteiger partial charge in [0.05, 0.1) is 6.10 Å². The van der Waals surface area contributed by atoms with Crippen LogP contribution in [0.3, 0.4) is 0 Å². The van der Waals surface area contributed by atoms with E-state index in [1.165, 1.54) is 0 Å². The molecule has 1 unspecified atom stereocenters. The molecular formula is C12H21NO5. The normalized spacial score (nSPS) is 21.4. The summed E-state index contributed by atoms with van der Waals surface area (Å²) in [6.45, 7) is 5.83. The van der Waals surface area contributed by atoms with Gasteiger partial charge >= 0.3 is 12.1 Å². The van der Waals surface area contributed by atoms with Gasteiger partial charge in [-0.05, 0) is 33.6 Å². The summed E-state index contributed by atoms with van der Waals surface area (Å²) < 4.78 is 10.4. The molecule has 6 heteroatoms. The minimum absolute atomic E-state index is 0.0963. The van der Waals surface area contributed by atoms with Crippen LogP contribution in [-0.2, 0) is 14.3 Å². The second-order valence-corrected chi connectivity index (χ2v) is 5.41. The summed E-state index contributed by atoms with van der Waals surface area (Å²) in [6, 6.07) is -0.969. The Labute approximate surface area is 107 Å². The summed E-state index contributed by atoms with van der Waals surface area (Å²) in [4.78, 5) is 22.6. The van der Waals surface area contributed by atoms with Crippen LogP contribution in [-0.4, -0.2) is 41.5 Å². The van der Waals surface area contributed by atoms with E-state index in [0.29, 0.717) is 6.61 Å². The lowest BCUT2D eigenvalue weighted by Crippen LogP contribution is -2.45. The van der Waals surface area contributed by atoms with E-state index < -0.39 is 23.7 Å². The standard InChI is InChI=1S/C12H21NO5/c1-12(2,3)18-11(16)13-9(10(14)15)7-8-5-4-6-17-8/h8-9H,4-7H2,1-3H3,(H,13,16)(H,14,15)/t8-,9?/m1/s1. The number of ether oxygens (including phenoxy) is 2. The summed E-state index contributed by atoms with van der Waals surface area (Å²) >= 11 is 0. The average molecular weight is 259 g/mol. The second-order valence-electron chi connectivity index (χ2n) is 5.41. The van der Waals surface area contributed by atoms with E-state index in [1.54, 1.807) is 20.8 Å². The topological polar surface area (TPSA) is 84.9 Å². The average Bonchev–Trinajstić information content (AvgIpc) is 2.66. The van der Waals surface area contributed by atoms with Crippen molar-refractivity contribution < 1.29 is 24.2 Å². The van der Waals surface area contributed by atoms with Gasteiger partial charge in [0, 0.05) is 13.0 Å². The molecule has 0 aromatic heterocycles. The van der Waals surface area contributed by atoms with Gasteiger partial charge in [-0.2, -0.15) is 0 Å². The van der Waals surface area contributed by atoms with Gasteiger partial charge in [0.25, 0.3) is 0 Å². The number of rotatable bonds is 4. The summed E-state index contributed by atoms with van der Waals surface area (Å²) in [5.41, 5.74) is -0.642. The zero-order chi connectivity index (χ0) is 13.8. The lowest BCUT2D eigenvalue weighted by molar-refractivity contribution is -0.140. The minimum Gasteiger partial charge on any atom is -0.480 e. The first-order valence-corrected chi connectivity index (χ1v) is 6.12. The van der Waals surface area contributed by atoms with Crippen molar-refractivity contribution in [2.75, 3.05) is 6.61 Å². The highest BCUT2D eigenvalue weighted by molar-refractivity contribution is 5.80. The molecule has 1 rings (SSSR count). The first kappa shape index (κ1) is 14.8. The molecule has 2 N–H and O–H groups in total. The third-order valence-electron chi connectivity index (χ3n) is 2.51. The lowest BCUT2D eigenvalue weighted by atomic mass is 10.1. The molecule has 1 saturated heterocycles. The van der Waals surface area contributed by atoms with Crippen LogP contribution in [0.25, 0.3) is 0 Å². The van der Waals surface area contributed by atoms with Crippen LogP contribution in [0.2, 0.25) is 0 Å². The molecule has 0 aromatic carbocycles. The zero-order valence-corrected chi connectivity index (χ0v) is 11.1. The number of aliphatic carboxylic acids is 1. The van der Waals surface area contributed by atoms with Crippen LogP contribution >= 0.6 is 0 Å². The zero-order valence-electron chi connectivity index (χ0n) is 11.1. The highest BCUT2D eigenvalue weighted by Crippen LogP contribution is 2.17.